The Hall–Kier alpha value is -3.48. The number of aromatic nitrogens is 1. The summed E-state index contributed by atoms with van der Waals surface area (Å²) in [5.41, 5.74) is 4.85. The second-order valence-electron chi connectivity index (χ2n) is 5.32. The van der Waals surface area contributed by atoms with Crippen LogP contribution in [-0.2, 0) is 14.3 Å². The average molecular weight is 336 g/mol. The Morgan fingerprint density at radius 2 is 1.96 bits per heavy atom. The Morgan fingerprint density at radius 3 is 2.60 bits per heavy atom. The number of benzene rings is 1. The van der Waals surface area contributed by atoms with E-state index in [0.29, 0.717) is 17.2 Å². The van der Waals surface area contributed by atoms with Crippen LogP contribution < -0.4 is 10.3 Å². The van der Waals surface area contributed by atoms with Gasteiger partial charge in [0, 0.05) is 6.20 Å². The molecule has 126 valence electrons. The monoisotopic (exact) mass is 336 g/mol. The maximum absolute atomic E-state index is 12.9. The van der Waals surface area contributed by atoms with E-state index in [0.717, 1.165) is 11.6 Å². The standard InChI is InChI=1S/C18H16N4O3/c1-12-6-8-13(9-7-12)22-17(14-5-3-4-10-19-14)21-20-15(18(22)24)11-16(23)25-2/h3-11,20H,1-2H3/b15-11-. The van der Waals surface area contributed by atoms with Gasteiger partial charge in [-0.3, -0.25) is 20.1 Å². The number of amidine groups is 1. The van der Waals surface area contributed by atoms with Crippen molar-refractivity contribution in [3.63, 3.8) is 0 Å². The van der Waals surface area contributed by atoms with Gasteiger partial charge in [0.15, 0.2) is 5.84 Å². The summed E-state index contributed by atoms with van der Waals surface area (Å²) >= 11 is 0. The first-order valence-electron chi connectivity index (χ1n) is 7.56. The Balaban J connectivity index is 2.09. The van der Waals surface area contributed by atoms with Crippen molar-refractivity contribution in [2.75, 3.05) is 12.0 Å². The molecule has 1 aromatic carbocycles. The van der Waals surface area contributed by atoms with E-state index in [1.807, 2.05) is 37.3 Å². The van der Waals surface area contributed by atoms with Crippen LogP contribution in [0.1, 0.15) is 11.3 Å². The third kappa shape index (κ3) is 3.40. The highest BCUT2D eigenvalue weighted by Crippen LogP contribution is 2.22. The molecule has 1 N–H and O–H groups in total. The summed E-state index contributed by atoms with van der Waals surface area (Å²) in [6.45, 7) is 1.96. The number of hydrogen-bond acceptors (Lipinski definition) is 6. The summed E-state index contributed by atoms with van der Waals surface area (Å²) < 4.78 is 4.58. The molecular weight excluding hydrogens is 320 g/mol. The quantitative estimate of drug-likeness (QED) is 0.682. The Kier molecular flexibility index (Phi) is 4.56. The summed E-state index contributed by atoms with van der Waals surface area (Å²) in [5.74, 6) is -0.724. The van der Waals surface area contributed by atoms with Gasteiger partial charge in [-0.1, -0.05) is 23.8 Å². The van der Waals surface area contributed by atoms with Gasteiger partial charge < -0.3 is 4.74 Å². The molecule has 1 aliphatic rings. The van der Waals surface area contributed by atoms with E-state index in [1.165, 1.54) is 12.0 Å². The third-order valence-electron chi connectivity index (χ3n) is 3.58. The molecular formula is C18H16N4O3. The molecule has 1 aliphatic heterocycles. The fourth-order valence-electron chi connectivity index (χ4n) is 2.30. The highest BCUT2D eigenvalue weighted by molar-refractivity contribution is 6.28. The first-order chi connectivity index (χ1) is 12.1. The molecule has 0 bridgehead atoms. The normalized spacial score (nSPS) is 15.6. The molecule has 3 rings (SSSR count). The van der Waals surface area contributed by atoms with Crippen molar-refractivity contribution in [2.45, 2.75) is 6.92 Å². The molecule has 0 saturated heterocycles. The van der Waals surface area contributed by atoms with Gasteiger partial charge in [-0.05, 0) is 31.2 Å². The molecule has 25 heavy (non-hydrogen) atoms. The van der Waals surface area contributed by atoms with Gasteiger partial charge in [-0.25, -0.2) is 4.79 Å². The van der Waals surface area contributed by atoms with Crippen LogP contribution in [0.5, 0.6) is 0 Å². The Morgan fingerprint density at radius 1 is 1.20 bits per heavy atom. The highest BCUT2D eigenvalue weighted by atomic mass is 16.5. The smallest absolute Gasteiger partial charge is 0.332 e. The molecule has 0 unspecified atom stereocenters. The zero-order valence-electron chi connectivity index (χ0n) is 13.8. The number of carbonyl (C=O) groups excluding carboxylic acids is 2. The molecule has 0 fully saturated rings. The summed E-state index contributed by atoms with van der Waals surface area (Å²) in [6, 6.07) is 12.8. The predicted molar refractivity (Wildman–Crippen MR) is 92.7 cm³/mol. The van der Waals surface area contributed by atoms with Crippen LogP contribution in [0.15, 0.2) is 65.5 Å². The van der Waals surface area contributed by atoms with Crippen LogP contribution in [0.25, 0.3) is 0 Å². The maximum atomic E-state index is 12.9. The van der Waals surface area contributed by atoms with E-state index >= 15 is 0 Å². The number of nitrogens with one attached hydrogen (secondary N) is 1. The Labute approximate surface area is 144 Å². The summed E-state index contributed by atoms with van der Waals surface area (Å²) in [6.07, 6.45) is 2.69. The maximum Gasteiger partial charge on any atom is 0.332 e. The summed E-state index contributed by atoms with van der Waals surface area (Å²) in [7, 11) is 1.24. The topological polar surface area (TPSA) is 83.9 Å². The molecule has 7 nitrogen and oxygen atoms in total. The van der Waals surface area contributed by atoms with Gasteiger partial charge in [0.2, 0.25) is 0 Å². The minimum Gasteiger partial charge on any atom is -0.466 e. The molecule has 0 atom stereocenters. The molecule has 0 radical (unpaired) electrons. The van der Waals surface area contributed by atoms with Gasteiger partial charge in [0.1, 0.15) is 11.4 Å². The molecule has 0 spiro atoms. The Bertz CT molecular complexity index is 858. The molecule has 1 amide bonds. The van der Waals surface area contributed by atoms with Crippen molar-refractivity contribution in [1.82, 2.24) is 10.4 Å². The lowest BCUT2D eigenvalue weighted by Crippen LogP contribution is -2.46. The SMILES string of the molecule is COC(=O)/C=C1\NN=C(c2ccccn2)N(c2ccc(C)cc2)C1=O. The van der Waals surface area contributed by atoms with Gasteiger partial charge in [0.05, 0.1) is 18.9 Å². The number of amides is 1. The van der Waals surface area contributed by atoms with Crippen LogP contribution in [0.2, 0.25) is 0 Å². The minimum atomic E-state index is -0.642. The van der Waals surface area contributed by atoms with Crippen molar-refractivity contribution in [1.29, 1.82) is 0 Å². The first-order valence-corrected chi connectivity index (χ1v) is 7.56. The fourth-order valence-corrected chi connectivity index (χ4v) is 2.30. The molecule has 0 saturated carbocycles. The van der Waals surface area contributed by atoms with Crippen molar-refractivity contribution in [3.05, 3.63) is 71.7 Å². The van der Waals surface area contributed by atoms with Gasteiger partial charge in [-0.2, -0.15) is 5.10 Å². The molecule has 0 aliphatic carbocycles. The number of ether oxygens (including phenoxy) is 1. The van der Waals surface area contributed by atoms with Crippen molar-refractivity contribution >= 4 is 23.4 Å². The van der Waals surface area contributed by atoms with Gasteiger partial charge >= 0.3 is 5.97 Å². The van der Waals surface area contributed by atoms with Crippen LogP contribution in [0, 0.1) is 6.92 Å². The van der Waals surface area contributed by atoms with E-state index in [1.54, 1.807) is 18.3 Å². The van der Waals surface area contributed by atoms with Crippen LogP contribution in [-0.4, -0.2) is 29.8 Å². The summed E-state index contributed by atoms with van der Waals surface area (Å²) in [4.78, 5) is 30.1. The average Bonchev–Trinajstić information content (AvgIpc) is 2.64. The van der Waals surface area contributed by atoms with E-state index in [2.05, 4.69) is 20.2 Å². The van der Waals surface area contributed by atoms with Crippen LogP contribution >= 0.6 is 0 Å². The predicted octanol–water partition coefficient (Wildman–Crippen LogP) is 1.74. The number of methoxy groups -OCH3 is 1. The molecule has 2 aromatic rings. The largest absolute Gasteiger partial charge is 0.466 e. The number of pyridine rings is 1. The number of rotatable bonds is 3. The van der Waals surface area contributed by atoms with E-state index < -0.39 is 11.9 Å². The van der Waals surface area contributed by atoms with Gasteiger partial charge in [-0.15, -0.1) is 0 Å². The number of esters is 1. The zero-order valence-corrected chi connectivity index (χ0v) is 13.8. The van der Waals surface area contributed by atoms with E-state index in [4.69, 9.17) is 0 Å². The van der Waals surface area contributed by atoms with Crippen molar-refractivity contribution in [3.8, 4) is 0 Å². The number of nitrogens with zero attached hydrogens (tertiary/aromatic N) is 3. The number of aryl methyl sites for hydroxylation is 1. The van der Waals surface area contributed by atoms with Gasteiger partial charge in [0.25, 0.3) is 5.91 Å². The van der Waals surface area contributed by atoms with Crippen molar-refractivity contribution in [2.24, 2.45) is 5.10 Å². The molecule has 1 aromatic heterocycles. The minimum absolute atomic E-state index is 0.0205. The highest BCUT2D eigenvalue weighted by Gasteiger charge is 2.31. The lowest BCUT2D eigenvalue weighted by molar-refractivity contribution is -0.135. The zero-order chi connectivity index (χ0) is 17.8. The number of hydrogen-bond donors (Lipinski definition) is 1. The first kappa shape index (κ1) is 16.4. The van der Waals surface area contributed by atoms with Crippen LogP contribution in [0.3, 0.4) is 0 Å². The lowest BCUT2D eigenvalue weighted by Gasteiger charge is -2.28. The molecule has 2 heterocycles. The van der Waals surface area contributed by atoms with E-state index in [9.17, 15) is 9.59 Å². The second-order valence-corrected chi connectivity index (χ2v) is 5.32. The second kappa shape index (κ2) is 6.96. The fraction of sp³-hybridized carbons (Fsp3) is 0.111. The lowest BCUT2D eigenvalue weighted by atomic mass is 10.1. The number of hydrazone groups is 1. The third-order valence-corrected chi connectivity index (χ3v) is 3.58. The summed E-state index contributed by atoms with van der Waals surface area (Å²) in [5, 5.41) is 4.23. The van der Waals surface area contributed by atoms with Crippen molar-refractivity contribution < 1.29 is 14.3 Å². The number of carbonyl (C=O) groups is 2. The molecule has 7 heteroatoms. The van der Waals surface area contributed by atoms with E-state index in [-0.39, 0.29) is 5.70 Å². The number of anilines is 1. The van der Waals surface area contributed by atoms with Crippen LogP contribution in [0.4, 0.5) is 5.69 Å².